The van der Waals surface area contributed by atoms with Crippen LogP contribution in [-0.4, -0.2) is 5.78 Å². The van der Waals surface area contributed by atoms with Gasteiger partial charge in [-0.15, -0.1) is 0 Å². The van der Waals surface area contributed by atoms with Crippen molar-refractivity contribution in [2.24, 2.45) is 5.92 Å². The van der Waals surface area contributed by atoms with Gasteiger partial charge in [-0.2, -0.15) is 0 Å². The molecule has 0 saturated carbocycles. The quantitative estimate of drug-likeness (QED) is 0.725. The summed E-state index contributed by atoms with van der Waals surface area (Å²) in [5.41, 5.74) is 5.26. The highest BCUT2D eigenvalue weighted by molar-refractivity contribution is 5.81. The zero-order chi connectivity index (χ0) is 15.5. The molecule has 0 amide bonds. The molecule has 1 aromatic rings. The molecule has 112 valence electrons. The Morgan fingerprint density at radius 2 is 1.65 bits per heavy atom. The van der Waals surface area contributed by atoms with Crippen LogP contribution in [0.2, 0.25) is 0 Å². The topological polar surface area (TPSA) is 17.1 Å². The number of rotatable bonds is 5. The molecule has 1 rings (SSSR count). The molecule has 0 heterocycles. The normalized spacial score (nSPS) is 13.3. The van der Waals surface area contributed by atoms with Gasteiger partial charge in [-0.25, -0.2) is 0 Å². The number of benzene rings is 1. The molecule has 0 fully saturated rings. The molecule has 0 bridgehead atoms. The van der Waals surface area contributed by atoms with Gasteiger partial charge in [-0.3, -0.25) is 4.79 Å². The number of hydrogen-bond acceptors (Lipinski definition) is 1. The van der Waals surface area contributed by atoms with Crippen LogP contribution in [-0.2, 0) is 16.6 Å². The van der Waals surface area contributed by atoms with E-state index in [1.807, 2.05) is 0 Å². The summed E-state index contributed by atoms with van der Waals surface area (Å²) in [7, 11) is 0. The van der Waals surface area contributed by atoms with E-state index in [2.05, 4.69) is 60.6 Å². The van der Waals surface area contributed by atoms with Gasteiger partial charge >= 0.3 is 0 Å². The number of Topliss-reactive ketones (excluding diaryl/α,β-unsaturated/α-hetero) is 1. The first-order chi connectivity index (χ1) is 9.15. The largest absolute Gasteiger partial charge is 0.299 e. The van der Waals surface area contributed by atoms with E-state index in [4.69, 9.17) is 0 Å². The molecule has 0 aliphatic heterocycles. The molecule has 0 aromatic heterocycles. The second kappa shape index (κ2) is 6.56. The smallest absolute Gasteiger partial charge is 0.137 e. The van der Waals surface area contributed by atoms with Gasteiger partial charge < -0.3 is 0 Å². The Kier molecular flexibility index (Phi) is 5.56. The average molecular weight is 274 g/mol. The van der Waals surface area contributed by atoms with Crippen LogP contribution in [0.1, 0.15) is 69.7 Å². The maximum atomic E-state index is 12.2. The molecule has 0 radical (unpaired) electrons. The van der Waals surface area contributed by atoms with Crippen molar-refractivity contribution in [1.29, 1.82) is 0 Å². The van der Waals surface area contributed by atoms with Crippen LogP contribution in [0.3, 0.4) is 0 Å². The molecule has 1 heteroatoms. The minimum Gasteiger partial charge on any atom is -0.299 e. The highest BCUT2D eigenvalue weighted by atomic mass is 16.1. The van der Waals surface area contributed by atoms with Crippen LogP contribution >= 0.6 is 0 Å². The first-order valence-corrected chi connectivity index (χ1v) is 7.77. The molecule has 1 aromatic carbocycles. The third kappa shape index (κ3) is 4.47. The van der Waals surface area contributed by atoms with Gasteiger partial charge in [0.05, 0.1) is 0 Å². The molecule has 0 aliphatic carbocycles. The Hall–Kier alpha value is -1.11. The zero-order valence-corrected chi connectivity index (χ0v) is 14.3. The zero-order valence-electron chi connectivity index (χ0n) is 14.3. The third-order valence-electron chi connectivity index (χ3n) is 4.21. The molecule has 1 atom stereocenters. The van der Waals surface area contributed by atoms with Gasteiger partial charge in [-0.05, 0) is 47.4 Å². The lowest BCUT2D eigenvalue weighted by atomic mass is 9.83. The van der Waals surface area contributed by atoms with Crippen LogP contribution in [0, 0.1) is 19.8 Å². The minimum atomic E-state index is 0.161. The summed E-state index contributed by atoms with van der Waals surface area (Å²) in [6, 6.07) is 4.50. The first kappa shape index (κ1) is 16.9. The Bertz CT molecular complexity index is 454. The van der Waals surface area contributed by atoms with Crippen LogP contribution < -0.4 is 0 Å². The van der Waals surface area contributed by atoms with E-state index in [0.29, 0.717) is 24.5 Å². The van der Waals surface area contributed by atoms with E-state index >= 15 is 0 Å². The Balaban J connectivity index is 2.95. The van der Waals surface area contributed by atoms with Crippen molar-refractivity contribution in [3.8, 4) is 0 Å². The summed E-state index contributed by atoms with van der Waals surface area (Å²) in [5, 5.41) is 0. The van der Waals surface area contributed by atoms with Crippen molar-refractivity contribution in [3.63, 3.8) is 0 Å². The highest BCUT2D eigenvalue weighted by Crippen LogP contribution is 2.27. The van der Waals surface area contributed by atoms with E-state index < -0.39 is 0 Å². The molecule has 20 heavy (non-hydrogen) atoms. The van der Waals surface area contributed by atoms with Crippen molar-refractivity contribution < 1.29 is 4.79 Å². The van der Waals surface area contributed by atoms with Gasteiger partial charge in [0.1, 0.15) is 5.78 Å². The standard InChI is InChI=1S/C19H30O/c1-8-13(2)9-17(20)12-18-14(3)10-16(11-15(18)4)19(5,6)7/h10-11,13H,8-9,12H2,1-7H3. The summed E-state index contributed by atoms with van der Waals surface area (Å²) in [6.45, 7) is 15.3. The highest BCUT2D eigenvalue weighted by Gasteiger charge is 2.17. The van der Waals surface area contributed by atoms with Crippen molar-refractivity contribution in [3.05, 3.63) is 34.4 Å². The number of carbonyl (C=O) groups is 1. The third-order valence-corrected chi connectivity index (χ3v) is 4.21. The van der Waals surface area contributed by atoms with E-state index in [1.54, 1.807) is 0 Å². The molecule has 0 spiro atoms. The molecule has 1 unspecified atom stereocenters. The predicted octanol–water partition coefficient (Wildman–Crippen LogP) is 5.15. The maximum absolute atomic E-state index is 12.2. The maximum Gasteiger partial charge on any atom is 0.137 e. The number of aryl methyl sites for hydroxylation is 2. The van der Waals surface area contributed by atoms with E-state index in [1.165, 1.54) is 22.3 Å². The van der Waals surface area contributed by atoms with Crippen LogP contribution in [0.5, 0.6) is 0 Å². The average Bonchev–Trinajstić information content (AvgIpc) is 2.32. The second-order valence-corrected chi connectivity index (χ2v) is 7.27. The molecular formula is C19H30O. The van der Waals surface area contributed by atoms with Crippen LogP contribution in [0.15, 0.2) is 12.1 Å². The second-order valence-electron chi connectivity index (χ2n) is 7.27. The van der Waals surface area contributed by atoms with Gasteiger partial charge in [-0.1, -0.05) is 53.2 Å². The fourth-order valence-corrected chi connectivity index (χ4v) is 2.51. The lowest BCUT2D eigenvalue weighted by Crippen LogP contribution is -2.14. The fraction of sp³-hybridized carbons (Fsp3) is 0.632. The monoisotopic (exact) mass is 274 g/mol. The number of carbonyl (C=O) groups excluding carboxylic acids is 1. The predicted molar refractivity (Wildman–Crippen MR) is 87.4 cm³/mol. The van der Waals surface area contributed by atoms with Gasteiger partial charge in [0.2, 0.25) is 0 Å². The Morgan fingerprint density at radius 1 is 1.15 bits per heavy atom. The first-order valence-electron chi connectivity index (χ1n) is 7.77. The SMILES string of the molecule is CCC(C)CC(=O)Cc1c(C)cc(C(C)(C)C)cc1C. The Morgan fingerprint density at radius 3 is 2.05 bits per heavy atom. The summed E-state index contributed by atoms with van der Waals surface area (Å²) >= 11 is 0. The van der Waals surface area contributed by atoms with Gasteiger partial charge in [0.25, 0.3) is 0 Å². The van der Waals surface area contributed by atoms with Crippen molar-refractivity contribution in [2.75, 3.05) is 0 Å². The number of hydrogen-bond donors (Lipinski definition) is 0. The molecular weight excluding hydrogens is 244 g/mol. The van der Waals surface area contributed by atoms with Crippen LogP contribution in [0.25, 0.3) is 0 Å². The minimum absolute atomic E-state index is 0.161. The fourth-order valence-electron chi connectivity index (χ4n) is 2.51. The molecule has 0 N–H and O–H groups in total. The summed E-state index contributed by atoms with van der Waals surface area (Å²) in [5.74, 6) is 0.867. The summed E-state index contributed by atoms with van der Waals surface area (Å²) in [4.78, 5) is 12.2. The van der Waals surface area contributed by atoms with Crippen LogP contribution in [0.4, 0.5) is 0 Å². The van der Waals surface area contributed by atoms with E-state index in [9.17, 15) is 4.79 Å². The van der Waals surface area contributed by atoms with E-state index in [0.717, 1.165) is 6.42 Å². The van der Waals surface area contributed by atoms with Gasteiger partial charge in [0, 0.05) is 12.8 Å². The van der Waals surface area contributed by atoms with Crippen molar-refractivity contribution >= 4 is 5.78 Å². The Labute approximate surface area is 124 Å². The molecule has 0 aliphatic rings. The molecule has 1 nitrogen and oxygen atoms in total. The summed E-state index contributed by atoms with van der Waals surface area (Å²) in [6.07, 6.45) is 2.37. The summed E-state index contributed by atoms with van der Waals surface area (Å²) < 4.78 is 0. The number of ketones is 1. The van der Waals surface area contributed by atoms with Gasteiger partial charge in [0.15, 0.2) is 0 Å². The lowest BCUT2D eigenvalue weighted by molar-refractivity contribution is -0.119. The van der Waals surface area contributed by atoms with Crippen molar-refractivity contribution in [2.45, 2.75) is 73.1 Å². The lowest BCUT2D eigenvalue weighted by Gasteiger charge is -2.22. The van der Waals surface area contributed by atoms with Crippen molar-refractivity contribution in [1.82, 2.24) is 0 Å². The van der Waals surface area contributed by atoms with E-state index in [-0.39, 0.29) is 5.41 Å². The molecule has 0 saturated heterocycles.